The number of amides is 1. The van der Waals surface area contributed by atoms with Crippen molar-refractivity contribution >= 4 is 18.3 Å². The highest BCUT2D eigenvalue weighted by Gasteiger charge is 2.42. The third kappa shape index (κ3) is 4.64. The number of nitrogens with two attached hydrogens (primary N) is 1. The Bertz CT molecular complexity index is 476. The second-order valence-corrected chi connectivity index (χ2v) is 5.08. The summed E-state index contributed by atoms with van der Waals surface area (Å²) in [6, 6.07) is 1.05. The van der Waals surface area contributed by atoms with E-state index in [2.05, 4.69) is 5.32 Å². The van der Waals surface area contributed by atoms with Crippen LogP contribution in [0.3, 0.4) is 0 Å². The lowest BCUT2D eigenvalue weighted by Crippen LogP contribution is -2.41. The number of carbonyl (C=O) groups is 1. The number of carbonyl (C=O) groups excluding carboxylic acids is 1. The van der Waals surface area contributed by atoms with E-state index in [9.17, 15) is 18.0 Å². The summed E-state index contributed by atoms with van der Waals surface area (Å²) in [5, 5.41) is 2.63. The van der Waals surface area contributed by atoms with Crippen LogP contribution in [0.5, 0.6) is 0 Å². The highest BCUT2D eigenvalue weighted by molar-refractivity contribution is 5.94. The van der Waals surface area contributed by atoms with E-state index in [0.29, 0.717) is 24.2 Å². The number of rotatable bonds is 3. The molecule has 0 bridgehead atoms. The fourth-order valence-electron chi connectivity index (χ4n) is 2.49. The van der Waals surface area contributed by atoms with Gasteiger partial charge in [-0.2, -0.15) is 13.2 Å². The molecule has 4 nitrogen and oxygen atoms in total. The Morgan fingerprint density at radius 3 is 2.71 bits per heavy atom. The second-order valence-electron chi connectivity index (χ2n) is 5.08. The van der Waals surface area contributed by atoms with Gasteiger partial charge in [0, 0.05) is 6.04 Å². The molecule has 120 valence electrons. The predicted octanol–water partition coefficient (Wildman–Crippen LogP) is 3.01. The largest absolute Gasteiger partial charge is 0.467 e. The van der Waals surface area contributed by atoms with Gasteiger partial charge >= 0.3 is 6.18 Å². The minimum Gasteiger partial charge on any atom is -0.467 e. The summed E-state index contributed by atoms with van der Waals surface area (Å²) in [5.41, 5.74) is 5.65. The van der Waals surface area contributed by atoms with Gasteiger partial charge in [0.2, 0.25) is 0 Å². The Morgan fingerprint density at radius 1 is 1.43 bits per heavy atom. The Balaban J connectivity index is 0.00000220. The molecule has 1 heterocycles. The van der Waals surface area contributed by atoms with E-state index in [1.807, 2.05) is 0 Å². The molecule has 0 aliphatic heterocycles. The molecule has 2 atom stereocenters. The van der Waals surface area contributed by atoms with Crippen molar-refractivity contribution in [1.29, 1.82) is 0 Å². The molecule has 2 rings (SSSR count). The first-order valence-corrected chi connectivity index (χ1v) is 6.55. The highest BCUT2D eigenvalue weighted by Crippen LogP contribution is 2.37. The third-order valence-electron chi connectivity index (χ3n) is 3.59. The smallest absolute Gasteiger partial charge is 0.391 e. The average Bonchev–Trinajstić information content (AvgIpc) is 2.87. The minimum atomic E-state index is -4.19. The van der Waals surface area contributed by atoms with Gasteiger partial charge in [0.15, 0.2) is 0 Å². The molecule has 3 N–H and O–H groups in total. The number of halogens is 4. The zero-order valence-electron chi connectivity index (χ0n) is 11.3. The van der Waals surface area contributed by atoms with E-state index in [-0.39, 0.29) is 31.8 Å². The van der Waals surface area contributed by atoms with E-state index < -0.39 is 24.0 Å². The summed E-state index contributed by atoms with van der Waals surface area (Å²) in [4.78, 5) is 11.9. The lowest BCUT2D eigenvalue weighted by Gasteiger charge is -2.30. The maximum atomic E-state index is 12.7. The van der Waals surface area contributed by atoms with Crippen LogP contribution in [0.25, 0.3) is 0 Å². The van der Waals surface area contributed by atoms with E-state index >= 15 is 0 Å². The van der Waals surface area contributed by atoms with Crippen molar-refractivity contribution in [3.63, 3.8) is 0 Å². The summed E-state index contributed by atoms with van der Waals surface area (Å²) in [6.07, 6.45) is -1.81. The van der Waals surface area contributed by atoms with Crippen LogP contribution < -0.4 is 11.1 Å². The number of nitrogens with one attached hydrogen (secondary N) is 1. The number of alkyl halides is 3. The van der Waals surface area contributed by atoms with E-state index in [4.69, 9.17) is 10.2 Å². The molecular formula is C13H18ClF3N2O2. The molecule has 2 unspecified atom stereocenters. The molecular weight excluding hydrogens is 309 g/mol. The number of furan rings is 1. The van der Waals surface area contributed by atoms with Gasteiger partial charge < -0.3 is 15.5 Å². The van der Waals surface area contributed by atoms with Crippen LogP contribution in [0.15, 0.2) is 16.7 Å². The monoisotopic (exact) mass is 326 g/mol. The first kappa shape index (κ1) is 17.8. The quantitative estimate of drug-likeness (QED) is 0.897. The summed E-state index contributed by atoms with van der Waals surface area (Å²) >= 11 is 0. The fourth-order valence-corrected chi connectivity index (χ4v) is 2.49. The van der Waals surface area contributed by atoms with E-state index in [0.717, 1.165) is 0 Å². The lowest BCUT2D eigenvalue weighted by atomic mass is 9.85. The molecule has 8 heteroatoms. The Morgan fingerprint density at radius 2 is 2.14 bits per heavy atom. The van der Waals surface area contributed by atoms with Gasteiger partial charge in [-0.15, -0.1) is 12.4 Å². The lowest BCUT2D eigenvalue weighted by molar-refractivity contribution is -0.183. The summed E-state index contributed by atoms with van der Waals surface area (Å²) in [7, 11) is 0. The van der Waals surface area contributed by atoms with Crippen LogP contribution >= 0.6 is 12.4 Å². The number of hydrogen-bond acceptors (Lipinski definition) is 3. The van der Waals surface area contributed by atoms with Crippen molar-refractivity contribution in [2.45, 2.75) is 44.4 Å². The van der Waals surface area contributed by atoms with Crippen molar-refractivity contribution < 1.29 is 22.4 Å². The van der Waals surface area contributed by atoms with Crippen molar-refractivity contribution in [1.82, 2.24) is 5.32 Å². The number of hydrogen-bond donors (Lipinski definition) is 2. The Hall–Kier alpha value is -1.21. The van der Waals surface area contributed by atoms with E-state index in [1.165, 1.54) is 12.3 Å². The molecule has 1 fully saturated rings. The molecule has 1 aromatic heterocycles. The fraction of sp³-hybridized carbons (Fsp3) is 0.615. The first-order chi connectivity index (χ1) is 9.40. The van der Waals surface area contributed by atoms with Crippen LogP contribution in [-0.2, 0) is 6.54 Å². The maximum absolute atomic E-state index is 12.7. The Labute approximate surface area is 126 Å². The molecule has 1 amide bonds. The van der Waals surface area contributed by atoms with Crippen molar-refractivity contribution in [2.75, 3.05) is 0 Å². The van der Waals surface area contributed by atoms with Crippen LogP contribution in [-0.4, -0.2) is 18.1 Å². The SMILES string of the molecule is Cl.NCc1cc(C(=O)NC2CCCC(C(F)(F)F)C2)co1. The van der Waals surface area contributed by atoms with Crippen molar-refractivity contribution in [3.8, 4) is 0 Å². The molecule has 0 radical (unpaired) electrons. The normalized spacial score (nSPS) is 22.5. The molecule has 1 saturated carbocycles. The van der Waals surface area contributed by atoms with E-state index in [1.54, 1.807) is 0 Å². The molecule has 0 aromatic carbocycles. The van der Waals surface area contributed by atoms with Crippen LogP contribution in [0, 0.1) is 5.92 Å². The summed E-state index contributed by atoms with van der Waals surface area (Å²) in [5.74, 6) is -1.28. The molecule has 1 aliphatic carbocycles. The average molecular weight is 327 g/mol. The third-order valence-corrected chi connectivity index (χ3v) is 3.59. The molecule has 1 aromatic rings. The molecule has 21 heavy (non-hydrogen) atoms. The van der Waals surface area contributed by atoms with Crippen LogP contribution in [0.2, 0.25) is 0 Å². The van der Waals surface area contributed by atoms with Gasteiger partial charge in [-0.1, -0.05) is 6.42 Å². The maximum Gasteiger partial charge on any atom is 0.391 e. The second kappa shape index (κ2) is 7.17. The predicted molar refractivity (Wildman–Crippen MR) is 73.1 cm³/mol. The van der Waals surface area contributed by atoms with Crippen molar-refractivity contribution in [2.24, 2.45) is 11.7 Å². The standard InChI is InChI=1S/C13H17F3N2O2.ClH/c14-13(15,16)9-2-1-3-10(5-9)18-12(19)8-4-11(6-17)20-7-8;/h4,7,9-10H,1-3,5-6,17H2,(H,18,19);1H. The van der Waals surface area contributed by atoms with Crippen LogP contribution in [0.4, 0.5) is 13.2 Å². The summed E-state index contributed by atoms with van der Waals surface area (Å²) in [6.45, 7) is 0.173. The molecule has 0 spiro atoms. The van der Waals surface area contributed by atoms with Gasteiger partial charge in [-0.05, 0) is 25.3 Å². The van der Waals surface area contributed by atoms with Crippen LogP contribution in [0.1, 0.15) is 41.8 Å². The summed E-state index contributed by atoms with van der Waals surface area (Å²) < 4.78 is 43.1. The topological polar surface area (TPSA) is 68.3 Å². The van der Waals surface area contributed by atoms with Gasteiger partial charge in [0.1, 0.15) is 12.0 Å². The van der Waals surface area contributed by atoms with Gasteiger partial charge in [0.25, 0.3) is 5.91 Å². The van der Waals surface area contributed by atoms with Gasteiger partial charge in [-0.25, -0.2) is 0 Å². The highest BCUT2D eigenvalue weighted by atomic mass is 35.5. The minimum absolute atomic E-state index is 0. The zero-order valence-corrected chi connectivity index (χ0v) is 12.1. The Kier molecular flexibility index (Phi) is 6.10. The van der Waals surface area contributed by atoms with Gasteiger partial charge in [-0.3, -0.25) is 4.79 Å². The van der Waals surface area contributed by atoms with Crippen molar-refractivity contribution in [3.05, 3.63) is 23.7 Å². The first-order valence-electron chi connectivity index (χ1n) is 6.55. The molecule has 1 aliphatic rings. The van der Waals surface area contributed by atoms with Gasteiger partial charge in [0.05, 0.1) is 18.0 Å². The zero-order chi connectivity index (χ0) is 14.8. The molecule has 0 saturated heterocycles.